The molecule has 0 bridgehead atoms. The van der Waals surface area contributed by atoms with E-state index in [4.69, 9.17) is 0 Å². The molecule has 0 aliphatic rings. The van der Waals surface area contributed by atoms with Crippen LogP contribution in [0.4, 0.5) is 11.5 Å². The van der Waals surface area contributed by atoms with Crippen LogP contribution < -0.4 is 10.6 Å². The van der Waals surface area contributed by atoms with E-state index < -0.39 is 0 Å². The number of nitrogens with zero attached hydrogens (tertiary/aromatic N) is 2. The van der Waals surface area contributed by atoms with Gasteiger partial charge in [-0.15, -0.1) is 0 Å². The van der Waals surface area contributed by atoms with E-state index in [0.29, 0.717) is 5.82 Å². The molecule has 2 N–H and O–H groups in total. The summed E-state index contributed by atoms with van der Waals surface area (Å²) >= 11 is 0. The van der Waals surface area contributed by atoms with Gasteiger partial charge in [-0.1, -0.05) is 17.7 Å². The zero-order chi connectivity index (χ0) is 13.8. The van der Waals surface area contributed by atoms with Gasteiger partial charge in [0.2, 0.25) is 5.91 Å². The third kappa shape index (κ3) is 3.58. The van der Waals surface area contributed by atoms with Gasteiger partial charge >= 0.3 is 0 Å². The molecule has 0 aliphatic carbocycles. The molecule has 1 heterocycles. The number of aromatic nitrogens is 2. The zero-order valence-corrected chi connectivity index (χ0v) is 11.3. The lowest BCUT2D eigenvalue weighted by molar-refractivity contribution is -0.116. The van der Waals surface area contributed by atoms with E-state index in [2.05, 4.69) is 15.7 Å². The van der Waals surface area contributed by atoms with E-state index >= 15 is 0 Å². The molecule has 0 saturated carbocycles. The van der Waals surface area contributed by atoms with Crippen molar-refractivity contribution in [3.05, 3.63) is 42.1 Å². The van der Waals surface area contributed by atoms with Crippen molar-refractivity contribution >= 4 is 17.4 Å². The highest BCUT2D eigenvalue weighted by Gasteiger charge is 2.13. The van der Waals surface area contributed by atoms with Crippen LogP contribution in [0, 0.1) is 6.92 Å². The quantitative estimate of drug-likeness (QED) is 0.883. The van der Waals surface area contributed by atoms with E-state index in [-0.39, 0.29) is 11.9 Å². The van der Waals surface area contributed by atoms with Crippen molar-refractivity contribution < 1.29 is 4.79 Å². The minimum absolute atomic E-state index is 0.0884. The van der Waals surface area contributed by atoms with Crippen LogP contribution in [0.25, 0.3) is 0 Å². The van der Waals surface area contributed by atoms with Gasteiger partial charge < -0.3 is 10.6 Å². The van der Waals surface area contributed by atoms with E-state index in [0.717, 1.165) is 11.3 Å². The highest BCUT2D eigenvalue weighted by Crippen LogP contribution is 2.10. The molecule has 19 heavy (non-hydrogen) atoms. The largest absolute Gasteiger partial charge is 0.357 e. The van der Waals surface area contributed by atoms with Crippen molar-refractivity contribution in [2.75, 3.05) is 10.6 Å². The summed E-state index contributed by atoms with van der Waals surface area (Å²) in [6, 6.07) is 9.19. The second-order valence-corrected chi connectivity index (χ2v) is 4.60. The maximum absolute atomic E-state index is 12.0. The molecule has 1 amide bonds. The van der Waals surface area contributed by atoms with Crippen molar-refractivity contribution in [3.8, 4) is 0 Å². The van der Waals surface area contributed by atoms with Gasteiger partial charge in [0.05, 0.1) is 0 Å². The average molecular weight is 258 g/mol. The smallest absolute Gasteiger partial charge is 0.246 e. The average Bonchev–Trinajstić information content (AvgIpc) is 2.77. The summed E-state index contributed by atoms with van der Waals surface area (Å²) in [6.07, 6.45) is 1.83. The lowest BCUT2D eigenvalue weighted by atomic mass is 10.2. The van der Waals surface area contributed by atoms with E-state index in [1.807, 2.05) is 50.5 Å². The number of benzene rings is 1. The Balaban J connectivity index is 1.94. The first-order valence-corrected chi connectivity index (χ1v) is 6.18. The summed E-state index contributed by atoms with van der Waals surface area (Å²) in [4.78, 5) is 12.0. The molecule has 1 atom stereocenters. The number of hydrogen-bond donors (Lipinski definition) is 2. The molecule has 1 unspecified atom stereocenters. The van der Waals surface area contributed by atoms with Crippen LogP contribution in [0.1, 0.15) is 12.5 Å². The fourth-order valence-corrected chi connectivity index (χ4v) is 1.67. The Morgan fingerprint density at radius 1 is 1.26 bits per heavy atom. The molecule has 0 radical (unpaired) electrons. The summed E-state index contributed by atoms with van der Waals surface area (Å²) in [5, 5.41) is 10.1. The van der Waals surface area contributed by atoms with Crippen LogP contribution in [0.2, 0.25) is 0 Å². The standard InChI is InChI=1S/C14H18N4O/c1-10-4-6-12(7-5-10)16-14(19)11(2)15-13-8-9-18(3)17-13/h4-9,11H,1-3H3,(H,15,17)(H,16,19). The maximum atomic E-state index is 12.0. The SMILES string of the molecule is Cc1ccc(NC(=O)C(C)Nc2ccn(C)n2)cc1. The highest BCUT2D eigenvalue weighted by atomic mass is 16.2. The summed E-state index contributed by atoms with van der Waals surface area (Å²) in [6.45, 7) is 3.81. The fraction of sp³-hybridized carbons (Fsp3) is 0.286. The van der Waals surface area contributed by atoms with Gasteiger partial charge in [0.1, 0.15) is 11.9 Å². The second-order valence-electron chi connectivity index (χ2n) is 4.60. The van der Waals surface area contributed by atoms with Gasteiger partial charge in [-0.3, -0.25) is 9.48 Å². The number of anilines is 2. The Kier molecular flexibility index (Phi) is 3.85. The van der Waals surface area contributed by atoms with Crippen molar-refractivity contribution in [1.82, 2.24) is 9.78 Å². The second kappa shape index (κ2) is 5.56. The van der Waals surface area contributed by atoms with Gasteiger partial charge in [0.15, 0.2) is 0 Å². The third-order valence-electron chi connectivity index (χ3n) is 2.79. The molecule has 0 spiro atoms. The number of nitrogens with one attached hydrogen (secondary N) is 2. The van der Waals surface area contributed by atoms with Crippen LogP contribution in [0.15, 0.2) is 36.5 Å². The molecule has 0 aliphatic heterocycles. The first-order chi connectivity index (χ1) is 9.04. The van der Waals surface area contributed by atoms with E-state index in [9.17, 15) is 4.79 Å². The summed E-state index contributed by atoms with van der Waals surface area (Å²) in [5.74, 6) is 0.601. The van der Waals surface area contributed by atoms with Crippen molar-refractivity contribution in [3.63, 3.8) is 0 Å². The normalized spacial score (nSPS) is 11.9. The van der Waals surface area contributed by atoms with Crippen LogP contribution in [-0.2, 0) is 11.8 Å². The predicted molar refractivity (Wildman–Crippen MR) is 76.1 cm³/mol. The Labute approximate surface area is 112 Å². The van der Waals surface area contributed by atoms with Gasteiger partial charge in [-0.05, 0) is 26.0 Å². The Morgan fingerprint density at radius 3 is 2.53 bits per heavy atom. The zero-order valence-electron chi connectivity index (χ0n) is 11.3. The van der Waals surface area contributed by atoms with Crippen LogP contribution in [0.5, 0.6) is 0 Å². The fourth-order valence-electron chi connectivity index (χ4n) is 1.67. The van der Waals surface area contributed by atoms with Gasteiger partial charge in [0, 0.05) is 25.0 Å². The molecular formula is C14H18N4O. The van der Waals surface area contributed by atoms with Gasteiger partial charge in [-0.2, -0.15) is 5.10 Å². The number of carbonyl (C=O) groups is 1. The molecule has 5 nitrogen and oxygen atoms in total. The molecule has 5 heteroatoms. The molecule has 0 saturated heterocycles. The molecule has 2 rings (SSSR count). The highest BCUT2D eigenvalue weighted by molar-refractivity contribution is 5.96. The molecule has 1 aromatic carbocycles. The Hall–Kier alpha value is -2.30. The molecule has 100 valence electrons. The lowest BCUT2D eigenvalue weighted by Crippen LogP contribution is -2.32. The minimum atomic E-state index is -0.351. The van der Waals surface area contributed by atoms with E-state index in [1.165, 1.54) is 0 Å². The van der Waals surface area contributed by atoms with Gasteiger partial charge in [0.25, 0.3) is 0 Å². The van der Waals surface area contributed by atoms with Crippen LogP contribution >= 0.6 is 0 Å². The lowest BCUT2D eigenvalue weighted by Gasteiger charge is -2.13. The number of hydrogen-bond acceptors (Lipinski definition) is 3. The monoisotopic (exact) mass is 258 g/mol. The van der Waals surface area contributed by atoms with Crippen LogP contribution in [0.3, 0.4) is 0 Å². The van der Waals surface area contributed by atoms with Crippen molar-refractivity contribution in [1.29, 1.82) is 0 Å². The van der Waals surface area contributed by atoms with Crippen molar-refractivity contribution in [2.45, 2.75) is 19.9 Å². The van der Waals surface area contributed by atoms with E-state index in [1.54, 1.807) is 11.6 Å². The summed E-state index contributed by atoms with van der Waals surface area (Å²) in [5.41, 5.74) is 1.96. The summed E-state index contributed by atoms with van der Waals surface area (Å²) in [7, 11) is 1.84. The Morgan fingerprint density at radius 2 is 1.95 bits per heavy atom. The minimum Gasteiger partial charge on any atom is -0.357 e. The topological polar surface area (TPSA) is 59.0 Å². The Bertz CT molecular complexity index is 559. The molecule has 1 aromatic heterocycles. The predicted octanol–water partition coefficient (Wildman–Crippen LogP) is 2.17. The maximum Gasteiger partial charge on any atom is 0.246 e. The molecule has 0 fully saturated rings. The van der Waals surface area contributed by atoms with Crippen molar-refractivity contribution in [2.24, 2.45) is 7.05 Å². The third-order valence-corrected chi connectivity index (χ3v) is 2.79. The number of amides is 1. The van der Waals surface area contributed by atoms with Crippen LogP contribution in [-0.4, -0.2) is 21.7 Å². The first kappa shape index (κ1) is 13.1. The number of rotatable bonds is 4. The molecule has 2 aromatic rings. The number of carbonyl (C=O) groups excluding carboxylic acids is 1. The van der Waals surface area contributed by atoms with Gasteiger partial charge in [-0.25, -0.2) is 0 Å². The number of aryl methyl sites for hydroxylation is 2. The first-order valence-electron chi connectivity index (χ1n) is 6.18. The molecular weight excluding hydrogens is 240 g/mol. The summed E-state index contributed by atoms with van der Waals surface area (Å²) < 4.78 is 1.69.